The molecule has 2 atom stereocenters. The maximum Gasteiger partial charge on any atom is 0.264 e. The molecule has 10 heteroatoms. The molecule has 4 aromatic carbocycles. The molecule has 0 saturated carbocycles. The van der Waals surface area contributed by atoms with E-state index in [1.807, 2.05) is 50.2 Å². The summed E-state index contributed by atoms with van der Waals surface area (Å²) in [6.07, 6.45) is 0.917. The Hall–Kier alpha value is -3.85. The molecule has 0 bridgehead atoms. The van der Waals surface area contributed by atoms with Crippen LogP contribution in [-0.4, -0.2) is 43.8 Å². The highest BCUT2D eigenvalue weighted by Crippen LogP contribution is 2.30. The molecule has 0 radical (unpaired) electrons. The highest BCUT2D eigenvalue weighted by Gasteiger charge is 2.35. The fourth-order valence-corrected chi connectivity index (χ4v) is 6.78. The quantitative estimate of drug-likeness (QED) is 0.166. The lowest BCUT2D eigenvalue weighted by molar-refractivity contribution is -0.140. The minimum Gasteiger partial charge on any atom is -0.352 e. The molecule has 0 heterocycles. The van der Waals surface area contributed by atoms with Gasteiger partial charge in [-0.25, -0.2) is 8.42 Å². The molecule has 0 saturated heterocycles. The number of carbonyl (C=O) groups is 2. The molecule has 0 spiro atoms. The van der Waals surface area contributed by atoms with Crippen LogP contribution >= 0.6 is 23.2 Å². The molecule has 45 heavy (non-hydrogen) atoms. The van der Waals surface area contributed by atoms with Gasteiger partial charge in [0.15, 0.2) is 0 Å². The molecular formula is C35H37Cl2N3O4S. The fraction of sp³-hybridized carbons (Fsp3) is 0.257. The molecule has 1 N–H and O–H groups in total. The summed E-state index contributed by atoms with van der Waals surface area (Å²) < 4.78 is 29.4. The monoisotopic (exact) mass is 665 g/mol. The number of halogens is 2. The molecule has 7 nitrogen and oxygen atoms in total. The smallest absolute Gasteiger partial charge is 0.264 e. The normalized spacial score (nSPS) is 12.6. The number of sulfonamides is 1. The summed E-state index contributed by atoms with van der Waals surface area (Å²) in [5, 5.41) is 3.83. The van der Waals surface area contributed by atoms with Crippen LogP contribution in [0.1, 0.15) is 37.0 Å². The van der Waals surface area contributed by atoms with Crippen molar-refractivity contribution in [2.75, 3.05) is 10.8 Å². The Morgan fingerprint density at radius 1 is 0.822 bits per heavy atom. The lowest BCUT2D eigenvalue weighted by Gasteiger charge is -2.34. The third-order valence-corrected chi connectivity index (χ3v) is 9.81. The third-order valence-electron chi connectivity index (χ3n) is 7.56. The summed E-state index contributed by atoms with van der Waals surface area (Å²) in [7, 11) is -4.22. The molecule has 0 aromatic heterocycles. The SMILES string of the molecule is CC[C@H](C)NC(=O)[C@H](Cc1ccccc1)N(Cc1cccc(Cl)c1)C(=O)CN(c1cc(Cl)ccc1C)S(=O)(=O)c1ccccc1. The Kier molecular flexibility index (Phi) is 11.7. The average molecular weight is 667 g/mol. The first kappa shape index (κ1) is 34.0. The maximum absolute atomic E-state index is 14.6. The van der Waals surface area contributed by atoms with Crippen molar-refractivity contribution in [3.05, 3.63) is 130 Å². The van der Waals surface area contributed by atoms with Crippen LogP contribution in [0.3, 0.4) is 0 Å². The lowest BCUT2D eigenvalue weighted by atomic mass is 10.0. The van der Waals surface area contributed by atoms with Gasteiger partial charge in [-0.3, -0.25) is 13.9 Å². The molecule has 4 rings (SSSR count). The molecule has 0 unspecified atom stereocenters. The van der Waals surface area contributed by atoms with Crippen molar-refractivity contribution in [2.24, 2.45) is 0 Å². The molecular weight excluding hydrogens is 629 g/mol. The molecule has 236 valence electrons. The topological polar surface area (TPSA) is 86.8 Å². The van der Waals surface area contributed by atoms with Gasteiger partial charge in [-0.2, -0.15) is 0 Å². The third kappa shape index (κ3) is 8.87. The van der Waals surface area contributed by atoms with Crippen LogP contribution < -0.4 is 9.62 Å². The van der Waals surface area contributed by atoms with Crippen molar-refractivity contribution < 1.29 is 18.0 Å². The zero-order chi connectivity index (χ0) is 32.6. The van der Waals surface area contributed by atoms with Gasteiger partial charge in [0.2, 0.25) is 11.8 Å². The first-order valence-corrected chi connectivity index (χ1v) is 16.9. The number of aryl methyl sites for hydroxylation is 1. The lowest BCUT2D eigenvalue weighted by Crippen LogP contribution is -2.54. The molecule has 4 aromatic rings. The minimum absolute atomic E-state index is 0.0221. The molecule has 2 amide bonds. The number of anilines is 1. The molecule has 0 aliphatic heterocycles. The Labute approximate surface area is 275 Å². The van der Waals surface area contributed by atoms with E-state index < -0.39 is 28.5 Å². The van der Waals surface area contributed by atoms with Crippen LogP contribution in [0.2, 0.25) is 10.0 Å². The number of hydrogen-bond acceptors (Lipinski definition) is 4. The summed E-state index contributed by atoms with van der Waals surface area (Å²) in [5.41, 5.74) is 2.43. The van der Waals surface area contributed by atoms with E-state index in [9.17, 15) is 18.0 Å². The number of nitrogens with one attached hydrogen (secondary N) is 1. The van der Waals surface area contributed by atoms with Gasteiger partial charge in [0.25, 0.3) is 10.0 Å². The van der Waals surface area contributed by atoms with Gasteiger partial charge in [-0.1, -0.05) is 96.9 Å². The summed E-state index contributed by atoms with van der Waals surface area (Å²) in [6, 6.07) is 28.2. The van der Waals surface area contributed by atoms with Crippen molar-refractivity contribution in [3.8, 4) is 0 Å². The van der Waals surface area contributed by atoms with Gasteiger partial charge in [0.05, 0.1) is 10.6 Å². The van der Waals surface area contributed by atoms with Crippen LogP contribution in [0.5, 0.6) is 0 Å². The molecule has 0 aliphatic carbocycles. The Bertz CT molecular complexity index is 1720. The predicted molar refractivity (Wildman–Crippen MR) is 181 cm³/mol. The summed E-state index contributed by atoms with van der Waals surface area (Å²) in [5.74, 6) is -0.894. The van der Waals surface area contributed by atoms with Gasteiger partial charge < -0.3 is 10.2 Å². The first-order chi connectivity index (χ1) is 21.5. The van der Waals surface area contributed by atoms with Gasteiger partial charge in [-0.05, 0) is 73.4 Å². The number of nitrogens with zero attached hydrogens (tertiary/aromatic N) is 2. The second-order valence-corrected chi connectivity index (χ2v) is 13.7. The molecule has 0 fully saturated rings. The zero-order valence-electron chi connectivity index (χ0n) is 25.5. The summed E-state index contributed by atoms with van der Waals surface area (Å²) in [6.45, 7) is 5.08. The number of rotatable bonds is 13. The number of hydrogen-bond donors (Lipinski definition) is 1. The average Bonchev–Trinajstić information content (AvgIpc) is 3.03. The Balaban J connectivity index is 1.83. The van der Waals surface area contributed by atoms with Crippen molar-refractivity contribution in [1.29, 1.82) is 0 Å². The Morgan fingerprint density at radius 3 is 2.09 bits per heavy atom. The van der Waals surface area contributed by atoms with E-state index in [2.05, 4.69) is 5.32 Å². The van der Waals surface area contributed by atoms with Crippen LogP contribution in [-0.2, 0) is 32.6 Å². The highest BCUT2D eigenvalue weighted by molar-refractivity contribution is 7.92. The second kappa shape index (κ2) is 15.4. The minimum atomic E-state index is -4.22. The molecule has 0 aliphatic rings. The van der Waals surface area contributed by atoms with Gasteiger partial charge in [0, 0.05) is 29.1 Å². The fourth-order valence-electron chi connectivity index (χ4n) is 4.91. The van der Waals surface area contributed by atoms with E-state index in [1.165, 1.54) is 23.1 Å². The largest absolute Gasteiger partial charge is 0.352 e. The van der Waals surface area contributed by atoms with Crippen LogP contribution in [0.4, 0.5) is 5.69 Å². The van der Waals surface area contributed by atoms with Crippen molar-refractivity contribution in [1.82, 2.24) is 10.2 Å². The van der Waals surface area contributed by atoms with E-state index in [0.29, 0.717) is 27.6 Å². The van der Waals surface area contributed by atoms with Crippen LogP contribution in [0.15, 0.2) is 108 Å². The van der Waals surface area contributed by atoms with Crippen LogP contribution in [0, 0.1) is 6.92 Å². The second-order valence-electron chi connectivity index (χ2n) is 10.9. The van der Waals surface area contributed by atoms with E-state index in [1.54, 1.807) is 55.5 Å². The summed E-state index contributed by atoms with van der Waals surface area (Å²) >= 11 is 12.6. The highest BCUT2D eigenvalue weighted by atomic mass is 35.5. The standard InChI is InChI=1S/C35H37Cl2N3O4S/c1-4-26(3)38-35(42)33(21-27-12-7-5-8-13-27)39(23-28-14-11-15-29(36)20-28)34(41)24-40(32-22-30(37)19-18-25(32)2)45(43,44)31-16-9-6-10-17-31/h5-20,22,26,33H,4,21,23-24H2,1-3H3,(H,38,42)/t26-,33-/m0/s1. The predicted octanol–water partition coefficient (Wildman–Crippen LogP) is 7.05. The van der Waals surface area contributed by atoms with Crippen LogP contribution in [0.25, 0.3) is 0 Å². The van der Waals surface area contributed by atoms with E-state index in [0.717, 1.165) is 9.87 Å². The van der Waals surface area contributed by atoms with Gasteiger partial charge in [0.1, 0.15) is 12.6 Å². The maximum atomic E-state index is 14.6. The first-order valence-electron chi connectivity index (χ1n) is 14.7. The van der Waals surface area contributed by atoms with Gasteiger partial charge >= 0.3 is 0 Å². The van der Waals surface area contributed by atoms with Crippen molar-refractivity contribution >= 4 is 50.7 Å². The number of benzene rings is 4. The van der Waals surface area contributed by atoms with E-state index >= 15 is 0 Å². The summed E-state index contributed by atoms with van der Waals surface area (Å²) in [4.78, 5) is 29.9. The van der Waals surface area contributed by atoms with E-state index in [4.69, 9.17) is 23.2 Å². The zero-order valence-corrected chi connectivity index (χ0v) is 27.8. The van der Waals surface area contributed by atoms with Gasteiger partial charge in [-0.15, -0.1) is 0 Å². The number of carbonyl (C=O) groups excluding carboxylic acids is 2. The van der Waals surface area contributed by atoms with Crippen molar-refractivity contribution in [3.63, 3.8) is 0 Å². The van der Waals surface area contributed by atoms with E-state index in [-0.39, 0.29) is 35.5 Å². The van der Waals surface area contributed by atoms with Crippen molar-refractivity contribution in [2.45, 2.75) is 57.1 Å². The Morgan fingerprint density at radius 2 is 1.44 bits per heavy atom. The number of amides is 2.